The first-order valence-corrected chi connectivity index (χ1v) is 21.0. The number of methoxy groups -OCH3 is 2. The van der Waals surface area contributed by atoms with E-state index in [9.17, 15) is 24.0 Å². The molecule has 4 amide bonds. The number of hydrogen-bond acceptors (Lipinski definition) is 9. The van der Waals surface area contributed by atoms with Gasteiger partial charge in [0.2, 0.25) is 23.6 Å². The molecule has 1 aromatic rings. The van der Waals surface area contributed by atoms with E-state index < -0.39 is 53.9 Å². The van der Waals surface area contributed by atoms with E-state index in [1.54, 1.807) is 65.8 Å². The highest BCUT2D eigenvalue weighted by Gasteiger charge is 2.44. The Morgan fingerprint density at radius 2 is 1.46 bits per heavy atom. The molecule has 2 fully saturated rings. The smallest absolute Gasteiger partial charge is 0.329 e. The van der Waals surface area contributed by atoms with Crippen molar-refractivity contribution in [3.8, 4) is 0 Å². The molecule has 3 rings (SSSR count). The Morgan fingerprint density at radius 1 is 0.842 bits per heavy atom. The highest BCUT2D eigenvalue weighted by Crippen LogP contribution is 2.35. The van der Waals surface area contributed by atoms with E-state index in [2.05, 4.69) is 16.0 Å². The summed E-state index contributed by atoms with van der Waals surface area (Å²) in [6, 6.07) is 6.56. The molecule has 57 heavy (non-hydrogen) atoms. The summed E-state index contributed by atoms with van der Waals surface area (Å²) in [5.74, 6) is -2.19. The van der Waals surface area contributed by atoms with Gasteiger partial charge in [0.1, 0.15) is 17.7 Å². The quantitative estimate of drug-likeness (QED) is 0.162. The number of benzene rings is 1. The second-order valence-corrected chi connectivity index (χ2v) is 17.8. The minimum atomic E-state index is -0.918. The molecule has 1 heterocycles. The number of carbonyl (C=O) groups excluding carboxylic acids is 5. The molecule has 1 aliphatic heterocycles. The summed E-state index contributed by atoms with van der Waals surface area (Å²) in [6.45, 7) is 15.4. The number of esters is 1. The van der Waals surface area contributed by atoms with Gasteiger partial charge in [0, 0.05) is 34.2 Å². The average molecular weight is 800 g/mol. The van der Waals surface area contributed by atoms with Crippen molar-refractivity contribution in [1.29, 1.82) is 0 Å². The lowest BCUT2D eigenvalue weighted by Crippen LogP contribution is -2.59. The van der Waals surface area contributed by atoms with Crippen LogP contribution in [-0.4, -0.2) is 122 Å². The molecule has 1 aromatic carbocycles. The first kappa shape index (κ1) is 47.8. The Labute approximate surface area is 342 Å². The number of nitrogens with one attached hydrogen (secondary N) is 3. The van der Waals surface area contributed by atoms with E-state index in [1.165, 1.54) is 0 Å². The lowest BCUT2D eigenvalue weighted by Gasteiger charge is -2.41. The van der Waals surface area contributed by atoms with Crippen LogP contribution in [0, 0.1) is 23.7 Å². The third-order valence-corrected chi connectivity index (χ3v) is 11.7. The predicted octanol–water partition coefficient (Wildman–Crippen LogP) is 4.50. The van der Waals surface area contributed by atoms with Gasteiger partial charge in [-0.05, 0) is 76.8 Å². The molecule has 2 aliphatic rings. The van der Waals surface area contributed by atoms with Gasteiger partial charge in [-0.25, -0.2) is 4.79 Å². The van der Waals surface area contributed by atoms with Gasteiger partial charge in [-0.1, -0.05) is 77.8 Å². The molecule has 322 valence electrons. The summed E-state index contributed by atoms with van der Waals surface area (Å²) in [5.41, 5.74) is 0.141. The zero-order valence-electron chi connectivity index (χ0n) is 36.8. The van der Waals surface area contributed by atoms with Crippen LogP contribution < -0.4 is 16.0 Å². The van der Waals surface area contributed by atoms with Gasteiger partial charge in [0.15, 0.2) is 0 Å². The summed E-state index contributed by atoms with van der Waals surface area (Å²) < 4.78 is 17.8. The van der Waals surface area contributed by atoms with Crippen LogP contribution in [-0.2, 0) is 44.6 Å². The van der Waals surface area contributed by atoms with Crippen molar-refractivity contribution in [2.75, 3.05) is 34.9 Å². The highest BCUT2D eigenvalue weighted by molar-refractivity contribution is 5.90. The third kappa shape index (κ3) is 13.2. The second kappa shape index (κ2) is 22.0. The van der Waals surface area contributed by atoms with E-state index in [0.29, 0.717) is 13.0 Å². The van der Waals surface area contributed by atoms with Crippen molar-refractivity contribution in [1.82, 2.24) is 25.8 Å². The van der Waals surface area contributed by atoms with Crippen LogP contribution in [0.15, 0.2) is 30.3 Å². The normalized spacial score (nSPS) is 20.0. The monoisotopic (exact) mass is 800 g/mol. The molecule has 0 aromatic heterocycles. The van der Waals surface area contributed by atoms with E-state index in [0.717, 1.165) is 37.7 Å². The van der Waals surface area contributed by atoms with Gasteiger partial charge in [-0.2, -0.15) is 0 Å². The second-order valence-electron chi connectivity index (χ2n) is 17.8. The van der Waals surface area contributed by atoms with Gasteiger partial charge in [-0.3, -0.25) is 19.2 Å². The van der Waals surface area contributed by atoms with Crippen molar-refractivity contribution >= 4 is 29.6 Å². The summed E-state index contributed by atoms with van der Waals surface area (Å²) in [6.07, 6.45) is 4.29. The van der Waals surface area contributed by atoms with Crippen molar-refractivity contribution in [2.24, 2.45) is 23.7 Å². The molecule has 1 saturated heterocycles. The summed E-state index contributed by atoms with van der Waals surface area (Å²) >= 11 is 0. The number of nitrogens with zero attached hydrogens (tertiary/aromatic N) is 2. The zero-order chi connectivity index (χ0) is 42.6. The molecule has 0 unspecified atom stereocenters. The molecular weight excluding hydrogens is 727 g/mol. The van der Waals surface area contributed by atoms with Crippen LogP contribution in [0.3, 0.4) is 0 Å². The van der Waals surface area contributed by atoms with Gasteiger partial charge in [0.05, 0.1) is 42.7 Å². The van der Waals surface area contributed by atoms with Crippen molar-refractivity contribution < 1.29 is 38.2 Å². The molecule has 8 atom stereocenters. The number of likely N-dealkylation sites (N-methyl/N-ethyl adjacent to an activating group) is 2. The zero-order valence-corrected chi connectivity index (χ0v) is 36.8. The lowest BCUT2D eigenvalue weighted by molar-refractivity contribution is -0.159. The van der Waals surface area contributed by atoms with Gasteiger partial charge >= 0.3 is 5.97 Å². The number of amides is 4. The van der Waals surface area contributed by atoms with Crippen LogP contribution in [0.25, 0.3) is 0 Å². The van der Waals surface area contributed by atoms with Crippen LogP contribution in [0.2, 0.25) is 0 Å². The fourth-order valence-electron chi connectivity index (χ4n) is 8.70. The lowest BCUT2D eigenvalue weighted by atomic mass is 9.88. The Hall–Kier alpha value is -3.55. The Kier molecular flexibility index (Phi) is 18.5. The standard InChI is InChI=1S/C44H73N5O8/c1-27(2)36(45-9)41(52)47-37(28(3)4)42(53)48(10)38(31-21-16-17-22-31)34(55-11)26-35(50)49-24-18-23-33(49)39(56-12)29(5)40(51)46-32(43(54)57-44(6,7)8)25-30-19-14-13-15-20-30/h13-15,19-20,27-29,31-34,36-39,45H,16-18,21-26H2,1-12H3,(H,46,51)(H,47,52)/t29-,32+,33+,34-,36+,37+,38+,39-/m1/s1. The molecular formula is C44H73N5O8. The Balaban J connectivity index is 1.81. The van der Waals surface area contributed by atoms with Crippen molar-refractivity contribution in [3.05, 3.63) is 35.9 Å². The van der Waals surface area contributed by atoms with Crippen molar-refractivity contribution in [2.45, 2.75) is 155 Å². The fourth-order valence-corrected chi connectivity index (χ4v) is 8.70. The topological polar surface area (TPSA) is 156 Å². The van der Waals surface area contributed by atoms with Crippen LogP contribution in [0.5, 0.6) is 0 Å². The SMILES string of the molecule is CN[C@H](C(=O)N[C@H](C(=O)N(C)[C@@H](C1CCCC1)[C@@H](CC(=O)N1CCC[C@H]1[C@H](OC)[C@@H](C)C(=O)N[C@@H](Cc1ccccc1)C(=O)OC(C)(C)C)OC)C(C)C)C(C)C. The summed E-state index contributed by atoms with van der Waals surface area (Å²) in [5, 5.41) is 9.03. The summed E-state index contributed by atoms with van der Waals surface area (Å²) in [4.78, 5) is 72.8. The fraction of sp³-hybridized carbons (Fsp3) is 0.750. The molecule has 3 N–H and O–H groups in total. The average Bonchev–Trinajstić information content (AvgIpc) is 3.86. The number of likely N-dealkylation sites (tertiary alicyclic amines) is 1. The minimum Gasteiger partial charge on any atom is -0.458 e. The first-order chi connectivity index (χ1) is 26.8. The number of hydrogen-bond donors (Lipinski definition) is 3. The van der Waals surface area contributed by atoms with E-state index in [-0.39, 0.29) is 60.3 Å². The van der Waals surface area contributed by atoms with E-state index in [4.69, 9.17) is 14.2 Å². The van der Waals surface area contributed by atoms with Crippen LogP contribution in [0.4, 0.5) is 0 Å². The van der Waals surface area contributed by atoms with Gasteiger partial charge < -0.3 is 40.0 Å². The highest BCUT2D eigenvalue weighted by atomic mass is 16.6. The third-order valence-electron chi connectivity index (χ3n) is 11.7. The van der Waals surface area contributed by atoms with Gasteiger partial charge in [0.25, 0.3) is 0 Å². The first-order valence-electron chi connectivity index (χ1n) is 21.0. The molecule has 1 saturated carbocycles. The molecule has 0 bridgehead atoms. The summed E-state index contributed by atoms with van der Waals surface area (Å²) in [7, 11) is 6.64. The van der Waals surface area contributed by atoms with Gasteiger partial charge in [-0.15, -0.1) is 0 Å². The Bertz CT molecular complexity index is 1460. The van der Waals surface area contributed by atoms with Crippen molar-refractivity contribution in [3.63, 3.8) is 0 Å². The maximum Gasteiger partial charge on any atom is 0.329 e. The molecule has 0 spiro atoms. The molecule has 13 heteroatoms. The van der Waals surface area contributed by atoms with Crippen LogP contribution >= 0.6 is 0 Å². The molecule has 13 nitrogen and oxygen atoms in total. The number of ether oxygens (including phenoxy) is 3. The van der Waals surface area contributed by atoms with Crippen LogP contribution in [0.1, 0.15) is 106 Å². The molecule has 0 radical (unpaired) electrons. The van der Waals surface area contributed by atoms with E-state index >= 15 is 0 Å². The largest absolute Gasteiger partial charge is 0.458 e. The maximum atomic E-state index is 14.4. The predicted molar refractivity (Wildman–Crippen MR) is 221 cm³/mol. The minimum absolute atomic E-state index is 0.0315. The van der Waals surface area contributed by atoms with E-state index in [1.807, 2.05) is 58.0 Å². The number of rotatable bonds is 20. The number of carbonyl (C=O) groups is 5. The Morgan fingerprint density at radius 3 is 1.98 bits per heavy atom. The maximum absolute atomic E-state index is 14.4. The molecule has 1 aliphatic carbocycles.